The predicted octanol–water partition coefficient (Wildman–Crippen LogP) is 16.0. The maximum absolute atomic E-state index is 4.00. The highest BCUT2D eigenvalue weighted by atomic mass is 14.2. The fourth-order valence-corrected chi connectivity index (χ4v) is 4.69. The molecule has 0 N–H and O–H groups in total. The molecule has 272 valence electrons. The monoisotopic (exact) mass is 657 g/mol. The van der Waals surface area contributed by atoms with Crippen LogP contribution in [0.4, 0.5) is 0 Å². The largest absolute Gasteiger partial charge is 0.124 e. The third-order valence-electron chi connectivity index (χ3n) is 8.85. The molecule has 0 heteroatoms. The molecule has 2 aliphatic rings. The zero-order valence-electron chi connectivity index (χ0n) is 34.2. The van der Waals surface area contributed by atoms with E-state index in [1.807, 2.05) is 20.8 Å². The average molecular weight is 657 g/mol. The molecule has 2 aliphatic carbocycles. The van der Waals surface area contributed by atoms with Crippen molar-refractivity contribution in [2.75, 3.05) is 0 Å². The standard InChI is InChI=1S/C11H14.C11H18.C11H16.C7H14.C4H10.C2H6.C2H2/c1-8(2)11-6-5-9(3)10(4)7-11;1-9(2)10(3)5-4-6-11-7-8-11;1-3-4-8-11-9-6-5-7-10(11)2;1-7-5-3-2-4-6-7;1-3-4-2;2*1-2/h5-7H,1H2,2-4H3;5,11H,1,4,6-8H2,2-3H3;5-7,9H,3-4,8H2,1-2H3;7H,2-6H2,1H3;3-4H2,1-2H3;1-2H3;1-2H/b;10-5+;;;;;. The molecule has 0 amide bonds. The van der Waals surface area contributed by atoms with E-state index in [2.05, 4.69) is 137 Å². The lowest BCUT2D eigenvalue weighted by atomic mass is 9.91. The van der Waals surface area contributed by atoms with Gasteiger partial charge in [0.2, 0.25) is 0 Å². The summed E-state index contributed by atoms with van der Waals surface area (Å²) in [5.74, 6) is 2.10. The van der Waals surface area contributed by atoms with Gasteiger partial charge in [-0.25, -0.2) is 0 Å². The second kappa shape index (κ2) is 34.1. The van der Waals surface area contributed by atoms with Crippen molar-refractivity contribution >= 4 is 5.57 Å². The summed E-state index contributed by atoms with van der Waals surface area (Å²) in [5, 5.41) is 0. The Morgan fingerprint density at radius 2 is 1.31 bits per heavy atom. The molecule has 0 heterocycles. The number of terminal acetylenes is 1. The highest BCUT2D eigenvalue weighted by molar-refractivity contribution is 5.62. The van der Waals surface area contributed by atoms with Gasteiger partial charge < -0.3 is 0 Å². The number of unbranched alkanes of at least 4 members (excludes halogenated alkanes) is 2. The molecule has 0 nitrogen and oxygen atoms in total. The Morgan fingerprint density at radius 3 is 1.71 bits per heavy atom. The van der Waals surface area contributed by atoms with E-state index >= 15 is 0 Å². The smallest absolute Gasteiger partial charge is 0.0230 e. The Balaban J connectivity index is -0.000000528. The Labute approximate surface area is 303 Å². The third-order valence-corrected chi connectivity index (χ3v) is 8.85. The Morgan fingerprint density at radius 1 is 0.750 bits per heavy atom. The number of allylic oxidation sites excluding steroid dienone is 4. The van der Waals surface area contributed by atoms with Gasteiger partial charge in [-0.15, -0.1) is 12.8 Å². The van der Waals surface area contributed by atoms with E-state index in [-0.39, 0.29) is 0 Å². The zero-order chi connectivity index (χ0) is 37.3. The molecule has 48 heavy (non-hydrogen) atoms. The summed E-state index contributed by atoms with van der Waals surface area (Å²) in [6.07, 6.45) is 29.8. The number of hydrogen-bond donors (Lipinski definition) is 0. The SMILES string of the molecule is C#C.C=C(C)/C(C)=C/CCC1CC1.C=C(C)c1ccc(C)c(C)c1.CC.CC1CCCCC1.CCCC.CCCCc1ccccc1C. The molecule has 0 atom stereocenters. The van der Waals surface area contributed by atoms with E-state index < -0.39 is 0 Å². The first-order chi connectivity index (χ1) is 23.0. The van der Waals surface area contributed by atoms with Gasteiger partial charge in [0.05, 0.1) is 0 Å². The Bertz CT molecular complexity index is 1100. The molecule has 2 fully saturated rings. The fourth-order valence-electron chi connectivity index (χ4n) is 4.69. The van der Waals surface area contributed by atoms with Crippen LogP contribution in [0.25, 0.3) is 5.57 Å². The van der Waals surface area contributed by atoms with E-state index in [0.29, 0.717) is 0 Å². The van der Waals surface area contributed by atoms with Gasteiger partial charge in [0.15, 0.2) is 0 Å². The van der Waals surface area contributed by atoms with Crippen LogP contribution >= 0.6 is 0 Å². The minimum atomic E-state index is 1.04. The fraction of sp³-hybridized carbons (Fsp3) is 0.583. The lowest BCUT2D eigenvalue weighted by Crippen LogP contribution is -1.99. The summed E-state index contributed by atoms with van der Waals surface area (Å²) >= 11 is 0. The lowest BCUT2D eigenvalue weighted by Gasteiger charge is -2.15. The number of aryl methyl sites for hydroxylation is 4. The van der Waals surface area contributed by atoms with Gasteiger partial charge in [0, 0.05) is 0 Å². The second-order valence-electron chi connectivity index (χ2n) is 13.5. The van der Waals surface area contributed by atoms with Crippen molar-refractivity contribution < 1.29 is 0 Å². The number of benzene rings is 2. The van der Waals surface area contributed by atoms with Gasteiger partial charge in [-0.2, -0.15) is 0 Å². The molecular formula is C48H80. The normalized spacial score (nSPS) is 13.2. The minimum Gasteiger partial charge on any atom is -0.124 e. The number of rotatable bonds is 9. The van der Waals surface area contributed by atoms with Crippen LogP contribution in [0.3, 0.4) is 0 Å². The zero-order valence-corrected chi connectivity index (χ0v) is 34.2. The molecule has 4 rings (SSSR count). The molecule has 0 unspecified atom stereocenters. The molecule has 2 aromatic rings. The van der Waals surface area contributed by atoms with Crippen LogP contribution in [0.15, 0.2) is 72.8 Å². The topological polar surface area (TPSA) is 0 Å². The Kier molecular flexibility index (Phi) is 35.2. The van der Waals surface area contributed by atoms with Gasteiger partial charge in [0.1, 0.15) is 0 Å². The van der Waals surface area contributed by atoms with Crippen LogP contribution in [0.2, 0.25) is 0 Å². The van der Waals surface area contributed by atoms with Crippen molar-refractivity contribution in [2.24, 2.45) is 11.8 Å². The molecule has 0 bridgehead atoms. The first-order valence-corrected chi connectivity index (χ1v) is 19.4. The summed E-state index contributed by atoms with van der Waals surface area (Å²) in [6, 6.07) is 15.1. The van der Waals surface area contributed by atoms with Gasteiger partial charge in [-0.05, 0) is 107 Å². The van der Waals surface area contributed by atoms with Crippen molar-refractivity contribution in [3.05, 3.63) is 101 Å². The predicted molar refractivity (Wildman–Crippen MR) is 225 cm³/mol. The van der Waals surface area contributed by atoms with E-state index in [1.165, 1.54) is 129 Å². The van der Waals surface area contributed by atoms with Crippen molar-refractivity contribution in [1.82, 2.24) is 0 Å². The first kappa shape index (κ1) is 49.6. The van der Waals surface area contributed by atoms with Gasteiger partial charge in [0.25, 0.3) is 0 Å². The summed E-state index contributed by atoms with van der Waals surface area (Å²) in [5.41, 5.74) is 10.6. The van der Waals surface area contributed by atoms with Crippen LogP contribution in [-0.2, 0) is 6.42 Å². The van der Waals surface area contributed by atoms with Crippen LogP contribution in [0.1, 0.15) is 174 Å². The summed E-state index contributed by atoms with van der Waals surface area (Å²) in [7, 11) is 0. The molecule has 0 aliphatic heterocycles. The highest BCUT2D eigenvalue weighted by Crippen LogP contribution is 2.33. The lowest BCUT2D eigenvalue weighted by molar-refractivity contribution is 0.385. The van der Waals surface area contributed by atoms with Crippen LogP contribution in [0, 0.1) is 45.5 Å². The quantitative estimate of drug-likeness (QED) is 0.186. The minimum absolute atomic E-state index is 1.04. The van der Waals surface area contributed by atoms with Crippen molar-refractivity contribution in [3.63, 3.8) is 0 Å². The van der Waals surface area contributed by atoms with Crippen LogP contribution < -0.4 is 0 Å². The molecule has 2 saturated carbocycles. The maximum atomic E-state index is 4.00. The molecule has 2 aromatic carbocycles. The second-order valence-corrected chi connectivity index (χ2v) is 13.5. The van der Waals surface area contributed by atoms with Crippen LogP contribution in [-0.4, -0.2) is 0 Å². The van der Waals surface area contributed by atoms with E-state index in [4.69, 9.17) is 0 Å². The van der Waals surface area contributed by atoms with Crippen molar-refractivity contribution in [2.45, 2.75) is 173 Å². The molecule has 0 aromatic heterocycles. The molecular weight excluding hydrogens is 577 g/mol. The maximum Gasteiger partial charge on any atom is -0.0230 e. The van der Waals surface area contributed by atoms with E-state index in [1.54, 1.807) is 0 Å². The first-order valence-electron chi connectivity index (χ1n) is 19.4. The van der Waals surface area contributed by atoms with E-state index in [0.717, 1.165) is 17.4 Å². The summed E-state index contributed by atoms with van der Waals surface area (Å²) in [4.78, 5) is 0. The van der Waals surface area contributed by atoms with Crippen LogP contribution in [0.5, 0.6) is 0 Å². The van der Waals surface area contributed by atoms with Gasteiger partial charge >= 0.3 is 0 Å². The summed E-state index contributed by atoms with van der Waals surface area (Å²) in [6.45, 7) is 33.4. The van der Waals surface area contributed by atoms with Crippen molar-refractivity contribution in [1.29, 1.82) is 0 Å². The molecule has 0 spiro atoms. The van der Waals surface area contributed by atoms with Gasteiger partial charge in [-0.1, -0.05) is 184 Å². The third kappa shape index (κ3) is 29.4. The van der Waals surface area contributed by atoms with E-state index in [9.17, 15) is 0 Å². The molecule has 0 radical (unpaired) electrons. The van der Waals surface area contributed by atoms with Crippen molar-refractivity contribution in [3.8, 4) is 12.8 Å². The highest BCUT2D eigenvalue weighted by Gasteiger charge is 2.19. The average Bonchev–Trinajstić information content (AvgIpc) is 3.93. The number of hydrogen-bond acceptors (Lipinski definition) is 0. The molecule has 0 saturated heterocycles. The Hall–Kier alpha value is -2.78. The summed E-state index contributed by atoms with van der Waals surface area (Å²) < 4.78 is 0. The van der Waals surface area contributed by atoms with Gasteiger partial charge in [-0.3, -0.25) is 0 Å².